The fraction of sp³-hybridized carbons (Fsp3) is 0.348. The lowest BCUT2D eigenvalue weighted by Crippen LogP contribution is -2.38. The molecule has 1 fully saturated rings. The van der Waals surface area contributed by atoms with E-state index in [9.17, 15) is 0 Å². The highest BCUT2D eigenvalue weighted by atomic mass is 32.1. The Bertz CT molecular complexity index is 915. The largest absolute Gasteiger partial charge is 0.492 e. The lowest BCUT2D eigenvalue weighted by molar-refractivity contribution is 0.0322. The molecule has 2 heterocycles. The Morgan fingerprint density at radius 3 is 2.54 bits per heavy atom. The molecule has 0 aliphatic carbocycles. The van der Waals surface area contributed by atoms with Gasteiger partial charge in [0.05, 0.1) is 18.9 Å². The first-order valence-corrected chi connectivity index (χ1v) is 10.6. The Hall–Kier alpha value is -2.21. The molecule has 1 aliphatic rings. The summed E-state index contributed by atoms with van der Waals surface area (Å²) in [6, 6.07) is 16.7. The van der Waals surface area contributed by atoms with E-state index in [4.69, 9.17) is 14.5 Å². The number of aromatic nitrogens is 1. The predicted molar refractivity (Wildman–Crippen MR) is 115 cm³/mol. The molecule has 1 aromatic heterocycles. The van der Waals surface area contributed by atoms with Crippen LogP contribution in [0.3, 0.4) is 0 Å². The third kappa shape index (κ3) is 4.43. The highest BCUT2D eigenvalue weighted by molar-refractivity contribution is 7.15. The fourth-order valence-corrected chi connectivity index (χ4v) is 4.44. The van der Waals surface area contributed by atoms with Gasteiger partial charge in [0.2, 0.25) is 0 Å². The van der Waals surface area contributed by atoms with Crippen LogP contribution in [0, 0.1) is 13.8 Å². The highest BCUT2D eigenvalue weighted by Gasteiger charge is 2.13. The van der Waals surface area contributed by atoms with Crippen molar-refractivity contribution >= 4 is 11.3 Å². The van der Waals surface area contributed by atoms with Gasteiger partial charge >= 0.3 is 0 Å². The average Bonchev–Trinajstić information content (AvgIpc) is 3.11. The molecule has 1 aliphatic heterocycles. The van der Waals surface area contributed by atoms with Crippen molar-refractivity contribution in [3.63, 3.8) is 0 Å². The molecule has 28 heavy (non-hydrogen) atoms. The van der Waals surface area contributed by atoms with Crippen LogP contribution in [0.15, 0.2) is 48.5 Å². The van der Waals surface area contributed by atoms with Gasteiger partial charge in [-0.25, -0.2) is 4.98 Å². The standard InChI is InChI=1S/C23H26N2O2S/c1-17-5-3-4-6-21(17)23-24-22(18(2)28-23)19-7-9-20(10-8-19)27-16-13-25-11-14-26-15-12-25/h3-10H,11-16H2,1-2H3. The maximum absolute atomic E-state index is 5.92. The zero-order valence-electron chi connectivity index (χ0n) is 16.5. The Balaban J connectivity index is 1.42. The molecule has 0 spiro atoms. The van der Waals surface area contributed by atoms with Gasteiger partial charge in [-0.05, 0) is 43.7 Å². The van der Waals surface area contributed by atoms with Crippen molar-refractivity contribution < 1.29 is 9.47 Å². The first-order valence-electron chi connectivity index (χ1n) is 9.77. The zero-order valence-corrected chi connectivity index (χ0v) is 17.3. The molecule has 0 amide bonds. The summed E-state index contributed by atoms with van der Waals surface area (Å²) in [6.07, 6.45) is 0. The Morgan fingerprint density at radius 1 is 1.04 bits per heavy atom. The molecule has 2 aromatic carbocycles. The monoisotopic (exact) mass is 394 g/mol. The predicted octanol–water partition coefficient (Wildman–Crippen LogP) is 4.80. The maximum Gasteiger partial charge on any atom is 0.124 e. The second-order valence-electron chi connectivity index (χ2n) is 7.07. The molecule has 4 rings (SSSR count). The Labute approximate surface area is 170 Å². The van der Waals surface area contributed by atoms with E-state index in [1.54, 1.807) is 11.3 Å². The average molecular weight is 395 g/mol. The van der Waals surface area contributed by atoms with Gasteiger partial charge in [-0.15, -0.1) is 11.3 Å². The highest BCUT2D eigenvalue weighted by Crippen LogP contribution is 2.35. The lowest BCUT2D eigenvalue weighted by Gasteiger charge is -2.26. The molecule has 0 bridgehead atoms. The van der Waals surface area contributed by atoms with Crippen LogP contribution in [0.5, 0.6) is 5.75 Å². The molecule has 0 unspecified atom stereocenters. The van der Waals surface area contributed by atoms with Crippen LogP contribution in [-0.2, 0) is 4.74 Å². The SMILES string of the molecule is Cc1ccccc1-c1nc(-c2ccc(OCCN3CCOCC3)cc2)c(C)s1. The smallest absolute Gasteiger partial charge is 0.124 e. The number of aryl methyl sites for hydroxylation is 2. The van der Waals surface area contributed by atoms with Crippen LogP contribution in [0.25, 0.3) is 21.8 Å². The molecule has 0 saturated carbocycles. The van der Waals surface area contributed by atoms with Crippen LogP contribution in [0.4, 0.5) is 0 Å². The number of hydrogen-bond acceptors (Lipinski definition) is 5. The molecule has 146 valence electrons. The maximum atomic E-state index is 5.92. The Morgan fingerprint density at radius 2 is 1.79 bits per heavy atom. The molecule has 5 heteroatoms. The lowest BCUT2D eigenvalue weighted by atomic mass is 10.1. The number of hydrogen-bond donors (Lipinski definition) is 0. The van der Waals surface area contributed by atoms with E-state index in [0.29, 0.717) is 6.61 Å². The van der Waals surface area contributed by atoms with Gasteiger partial charge in [-0.3, -0.25) is 4.90 Å². The van der Waals surface area contributed by atoms with Crippen LogP contribution in [-0.4, -0.2) is 49.3 Å². The first-order chi connectivity index (χ1) is 13.7. The summed E-state index contributed by atoms with van der Waals surface area (Å²) >= 11 is 1.75. The topological polar surface area (TPSA) is 34.6 Å². The van der Waals surface area contributed by atoms with E-state index in [1.807, 2.05) is 12.1 Å². The minimum absolute atomic E-state index is 0.701. The Kier molecular flexibility index (Phi) is 6.05. The second kappa shape index (κ2) is 8.86. The fourth-order valence-electron chi connectivity index (χ4n) is 3.42. The minimum Gasteiger partial charge on any atom is -0.492 e. The van der Waals surface area contributed by atoms with Gasteiger partial charge in [-0.1, -0.05) is 24.3 Å². The number of rotatable bonds is 6. The second-order valence-corrected chi connectivity index (χ2v) is 8.27. The molecular weight excluding hydrogens is 368 g/mol. The number of ether oxygens (including phenoxy) is 2. The molecule has 4 nitrogen and oxygen atoms in total. The van der Waals surface area contributed by atoms with E-state index >= 15 is 0 Å². The van der Waals surface area contributed by atoms with Gasteiger partial charge < -0.3 is 9.47 Å². The summed E-state index contributed by atoms with van der Waals surface area (Å²) in [7, 11) is 0. The van der Waals surface area contributed by atoms with E-state index < -0.39 is 0 Å². The number of thiazole rings is 1. The summed E-state index contributed by atoms with van der Waals surface area (Å²) in [5, 5.41) is 1.08. The van der Waals surface area contributed by atoms with E-state index in [-0.39, 0.29) is 0 Å². The van der Waals surface area contributed by atoms with Crippen molar-refractivity contribution in [2.75, 3.05) is 39.5 Å². The molecule has 0 N–H and O–H groups in total. The van der Waals surface area contributed by atoms with Crippen LogP contribution in [0.1, 0.15) is 10.4 Å². The normalized spacial score (nSPS) is 14.9. The van der Waals surface area contributed by atoms with Crippen molar-refractivity contribution in [1.82, 2.24) is 9.88 Å². The molecule has 0 atom stereocenters. The van der Waals surface area contributed by atoms with Crippen molar-refractivity contribution in [1.29, 1.82) is 0 Å². The first kappa shape index (κ1) is 19.1. The van der Waals surface area contributed by atoms with Crippen LogP contribution in [0.2, 0.25) is 0 Å². The summed E-state index contributed by atoms with van der Waals surface area (Å²) in [5.74, 6) is 0.906. The van der Waals surface area contributed by atoms with Crippen molar-refractivity contribution in [3.05, 3.63) is 59.0 Å². The van der Waals surface area contributed by atoms with Crippen LogP contribution < -0.4 is 4.74 Å². The summed E-state index contributed by atoms with van der Waals surface area (Å²) in [4.78, 5) is 8.54. The quantitative estimate of drug-likeness (QED) is 0.601. The number of morpholine rings is 1. The summed E-state index contributed by atoms with van der Waals surface area (Å²) in [6.45, 7) is 9.56. The van der Waals surface area contributed by atoms with E-state index in [0.717, 1.165) is 54.9 Å². The van der Waals surface area contributed by atoms with Gasteiger partial charge in [-0.2, -0.15) is 0 Å². The van der Waals surface area contributed by atoms with E-state index in [2.05, 4.69) is 55.1 Å². The summed E-state index contributed by atoms with van der Waals surface area (Å²) in [5.41, 5.74) is 4.66. The zero-order chi connectivity index (χ0) is 19.3. The molecule has 3 aromatic rings. The van der Waals surface area contributed by atoms with Gasteiger partial charge in [0.15, 0.2) is 0 Å². The van der Waals surface area contributed by atoms with Gasteiger partial charge in [0.25, 0.3) is 0 Å². The minimum atomic E-state index is 0.701. The number of nitrogens with zero attached hydrogens (tertiary/aromatic N) is 2. The van der Waals surface area contributed by atoms with Gasteiger partial charge in [0.1, 0.15) is 17.4 Å². The third-order valence-electron chi connectivity index (χ3n) is 5.08. The van der Waals surface area contributed by atoms with Crippen molar-refractivity contribution in [2.24, 2.45) is 0 Å². The van der Waals surface area contributed by atoms with Crippen LogP contribution >= 0.6 is 11.3 Å². The number of benzene rings is 2. The summed E-state index contributed by atoms with van der Waals surface area (Å²) < 4.78 is 11.3. The van der Waals surface area contributed by atoms with Gasteiger partial charge in [0, 0.05) is 35.6 Å². The third-order valence-corrected chi connectivity index (χ3v) is 6.08. The molecular formula is C23H26N2O2S. The molecule has 1 saturated heterocycles. The van der Waals surface area contributed by atoms with E-state index in [1.165, 1.54) is 16.0 Å². The van der Waals surface area contributed by atoms with Crippen molar-refractivity contribution in [3.8, 4) is 27.6 Å². The van der Waals surface area contributed by atoms with Crippen molar-refractivity contribution in [2.45, 2.75) is 13.8 Å². The molecule has 0 radical (unpaired) electrons.